The Bertz CT molecular complexity index is 361. The number of β-amino-alcohol motifs (C(OH)–C–C–N with tert-alkyl or cyclic N) is 2. The molecular weight excluding hydrogens is 292 g/mol. The number of carbonyl (C=O) groups is 2. The second-order valence-corrected chi connectivity index (χ2v) is 7.26. The van der Waals surface area contributed by atoms with Crippen LogP contribution < -0.4 is 0 Å². The lowest BCUT2D eigenvalue weighted by Crippen LogP contribution is -2.55. The first-order valence-electron chi connectivity index (χ1n) is 7.05. The molecule has 2 atom stereocenters. The van der Waals surface area contributed by atoms with E-state index in [1.165, 1.54) is 0 Å². The minimum absolute atomic E-state index is 0.308. The van der Waals surface area contributed by atoms with Crippen LogP contribution in [-0.4, -0.2) is 78.8 Å². The maximum Gasteiger partial charge on any atom is 0.407 e. The van der Waals surface area contributed by atoms with E-state index in [1.807, 2.05) is 0 Å². The molecule has 22 heavy (non-hydrogen) atoms. The summed E-state index contributed by atoms with van der Waals surface area (Å²) in [6.45, 7) is 9.38. The molecular formula is C14H28N2O6. The monoisotopic (exact) mass is 320 g/mol. The van der Waals surface area contributed by atoms with Gasteiger partial charge in [0.25, 0.3) is 0 Å². The lowest BCUT2D eigenvalue weighted by atomic mass is 10.0. The zero-order valence-electron chi connectivity index (χ0n) is 14.1. The van der Waals surface area contributed by atoms with Crippen LogP contribution in [0, 0.1) is 0 Å². The van der Waals surface area contributed by atoms with Gasteiger partial charge in [-0.2, -0.15) is 0 Å². The third-order valence-electron chi connectivity index (χ3n) is 3.26. The summed E-state index contributed by atoms with van der Waals surface area (Å²) in [6.07, 6.45) is -5.21. The molecule has 0 heterocycles. The molecule has 0 aliphatic rings. The molecule has 0 rings (SSSR count). The zero-order chi connectivity index (χ0) is 17.9. The lowest BCUT2D eigenvalue weighted by Gasteiger charge is -2.38. The summed E-state index contributed by atoms with van der Waals surface area (Å²) in [7, 11) is 0. The number of hydrogen-bond donors (Lipinski definition) is 4. The van der Waals surface area contributed by atoms with Gasteiger partial charge in [-0.3, -0.25) is 0 Å². The van der Waals surface area contributed by atoms with Crippen LogP contribution in [-0.2, 0) is 0 Å². The molecule has 4 N–H and O–H groups in total. The van der Waals surface area contributed by atoms with Crippen molar-refractivity contribution in [1.29, 1.82) is 0 Å². The highest BCUT2D eigenvalue weighted by Crippen LogP contribution is 2.17. The summed E-state index contributed by atoms with van der Waals surface area (Å²) in [5.41, 5.74) is -1.49. The molecule has 0 aromatic rings. The number of nitrogens with zero attached hydrogens (tertiary/aromatic N) is 2. The summed E-state index contributed by atoms with van der Waals surface area (Å²) < 4.78 is 0. The fraction of sp³-hybridized carbons (Fsp3) is 0.857. The van der Waals surface area contributed by atoms with Crippen LogP contribution in [0.5, 0.6) is 0 Å². The predicted octanol–water partition coefficient (Wildman–Crippen LogP) is 1.27. The van der Waals surface area contributed by atoms with Crippen molar-refractivity contribution >= 4 is 12.2 Å². The number of rotatable bonds is 5. The second-order valence-electron chi connectivity index (χ2n) is 7.26. The average molecular weight is 320 g/mol. The number of hydrogen-bond acceptors (Lipinski definition) is 4. The number of aliphatic hydroxyl groups is 2. The molecule has 0 aliphatic heterocycles. The van der Waals surface area contributed by atoms with Gasteiger partial charge in [0.05, 0.1) is 25.3 Å². The third-order valence-corrected chi connectivity index (χ3v) is 3.26. The third kappa shape index (κ3) is 6.07. The maximum absolute atomic E-state index is 11.2. The van der Waals surface area contributed by atoms with Crippen molar-refractivity contribution in [3.05, 3.63) is 0 Å². The Hall–Kier alpha value is -1.54. The number of amides is 2. The van der Waals surface area contributed by atoms with Gasteiger partial charge in [0.1, 0.15) is 0 Å². The maximum atomic E-state index is 11.2. The molecule has 130 valence electrons. The molecule has 0 aromatic carbocycles. The van der Waals surface area contributed by atoms with Crippen molar-refractivity contribution in [2.24, 2.45) is 0 Å². The molecule has 0 radical (unpaired) electrons. The topological polar surface area (TPSA) is 122 Å². The second kappa shape index (κ2) is 7.15. The molecule has 8 heteroatoms. The van der Waals surface area contributed by atoms with E-state index in [-0.39, 0.29) is 13.1 Å². The first kappa shape index (κ1) is 20.5. The molecule has 0 saturated carbocycles. The first-order chi connectivity index (χ1) is 9.67. The molecule has 0 aromatic heterocycles. The normalized spacial score (nSPS) is 15.1. The fourth-order valence-electron chi connectivity index (χ4n) is 1.90. The Morgan fingerprint density at radius 1 is 0.773 bits per heavy atom. The van der Waals surface area contributed by atoms with E-state index in [0.29, 0.717) is 0 Å². The summed E-state index contributed by atoms with van der Waals surface area (Å²) in [6, 6.07) is 0. The summed E-state index contributed by atoms with van der Waals surface area (Å²) >= 11 is 0. The minimum atomic E-state index is -1.39. The molecule has 0 bridgehead atoms. The lowest BCUT2D eigenvalue weighted by molar-refractivity contribution is -0.0361. The van der Waals surface area contributed by atoms with Gasteiger partial charge in [-0.1, -0.05) is 0 Å². The number of aliphatic hydroxyl groups excluding tert-OH is 2. The van der Waals surface area contributed by atoms with Crippen molar-refractivity contribution in [3.63, 3.8) is 0 Å². The Kier molecular flexibility index (Phi) is 6.65. The van der Waals surface area contributed by atoms with Gasteiger partial charge in [-0.05, 0) is 41.5 Å². The highest BCUT2D eigenvalue weighted by molar-refractivity contribution is 5.66. The highest BCUT2D eigenvalue weighted by atomic mass is 16.4. The van der Waals surface area contributed by atoms with E-state index in [4.69, 9.17) is 10.2 Å². The summed E-state index contributed by atoms with van der Waals surface area (Å²) in [5.74, 6) is 0. The van der Waals surface area contributed by atoms with Crippen molar-refractivity contribution < 1.29 is 30.0 Å². The van der Waals surface area contributed by atoms with Gasteiger partial charge < -0.3 is 30.2 Å². The molecule has 0 saturated heterocycles. The van der Waals surface area contributed by atoms with Crippen molar-refractivity contribution in [1.82, 2.24) is 9.80 Å². The van der Waals surface area contributed by atoms with E-state index in [0.717, 1.165) is 9.80 Å². The molecule has 2 amide bonds. The van der Waals surface area contributed by atoms with Crippen LogP contribution in [0.2, 0.25) is 0 Å². The molecule has 0 spiro atoms. The van der Waals surface area contributed by atoms with Crippen LogP contribution in [0.4, 0.5) is 9.59 Å². The van der Waals surface area contributed by atoms with Crippen LogP contribution in [0.15, 0.2) is 0 Å². The van der Waals surface area contributed by atoms with E-state index in [1.54, 1.807) is 41.5 Å². The van der Waals surface area contributed by atoms with E-state index < -0.39 is 35.5 Å². The summed E-state index contributed by atoms with van der Waals surface area (Å²) in [4.78, 5) is 24.5. The molecule has 0 aliphatic carbocycles. The zero-order valence-corrected chi connectivity index (χ0v) is 14.1. The Balaban J connectivity index is 4.95. The smallest absolute Gasteiger partial charge is 0.407 e. The molecule has 2 unspecified atom stereocenters. The molecule has 8 nitrogen and oxygen atoms in total. The van der Waals surface area contributed by atoms with Crippen LogP contribution in [0.1, 0.15) is 41.5 Å². The molecule has 0 fully saturated rings. The van der Waals surface area contributed by atoms with Crippen LogP contribution in [0.25, 0.3) is 0 Å². The van der Waals surface area contributed by atoms with E-state index in [2.05, 4.69) is 0 Å². The first-order valence-corrected chi connectivity index (χ1v) is 7.05. The number of carboxylic acid groups (broad SMARTS) is 2. The van der Waals surface area contributed by atoms with Crippen LogP contribution in [0.3, 0.4) is 0 Å². The summed E-state index contributed by atoms with van der Waals surface area (Å²) in [5, 5.41) is 38.4. The largest absolute Gasteiger partial charge is 0.465 e. The standard InChI is InChI=1S/C14H28N2O6/c1-13(2,3)15(11(19)20)7-9(17)10(18)8-16(12(21)22)14(4,5)6/h9-10,17-18H,7-8H2,1-6H3,(H,19,20)(H,21,22). The van der Waals surface area contributed by atoms with Gasteiger partial charge in [0.15, 0.2) is 0 Å². The van der Waals surface area contributed by atoms with Crippen molar-refractivity contribution in [2.45, 2.75) is 64.8 Å². The van der Waals surface area contributed by atoms with Crippen molar-refractivity contribution in [2.75, 3.05) is 13.1 Å². The van der Waals surface area contributed by atoms with Gasteiger partial charge in [0.2, 0.25) is 0 Å². The Labute approximate surface area is 131 Å². The van der Waals surface area contributed by atoms with Gasteiger partial charge in [-0.15, -0.1) is 0 Å². The fourth-order valence-corrected chi connectivity index (χ4v) is 1.90. The predicted molar refractivity (Wildman–Crippen MR) is 81.0 cm³/mol. The average Bonchev–Trinajstić information content (AvgIpc) is 2.28. The minimum Gasteiger partial charge on any atom is -0.465 e. The van der Waals surface area contributed by atoms with Crippen molar-refractivity contribution in [3.8, 4) is 0 Å². The van der Waals surface area contributed by atoms with E-state index in [9.17, 15) is 19.8 Å². The van der Waals surface area contributed by atoms with E-state index >= 15 is 0 Å². The Morgan fingerprint density at radius 3 is 1.14 bits per heavy atom. The van der Waals surface area contributed by atoms with Crippen LogP contribution >= 0.6 is 0 Å². The highest BCUT2D eigenvalue weighted by Gasteiger charge is 2.34. The van der Waals surface area contributed by atoms with Gasteiger partial charge in [0, 0.05) is 11.1 Å². The van der Waals surface area contributed by atoms with Gasteiger partial charge in [-0.25, -0.2) is 9.59 Å². The Morgan fingerprint density at radius 2 is 1.00 bits per heavy atom. The quantitative estimate of drug-likeness (QED) is 0.605. The van der Waals surface area contributed by atoms with Gasteiger partial charge >= 0.3 is 12.2 Å². The SMILES string of the molecule is CC(C)(C)N(CC(O)C(O)CN(C(=O)O)C(C)(C)C)C(=O)O.